The number of carboxylic acid groups (broad SMARTS) is 1. The molecule has 0 aromatic heterocycles. The van der Waals surface area contributed by atoms with Gasteiger partial charge in [-0.05, 0) is 68.0 Å². The number of nitrogens with one attached hydrogen (secondary N) is 1. The maximum atomic E-state index is 12.9. The van der Waals surface area contributed by atoms with E-state index in [4.69, 9.17) is 4.74 Å². The molecule has 2 aromatic rings. The van der Waals surface area contributed by atoms with Gasteiger partial charge in [-0.2, -0.15) is 0 Å². The Balaban J connectivity index is 1.25. The number of β-lactam (4-membered cyclic amide) rings is 1. The molecule has 2 aromatic carbocycles. The topological polar surface area (TPSA) is 113 Å². The van der Waals surface area contributed by atoms with Crippen molar-refractivity contribution < 1.29 is 29.0 Å². The summed E-state index contributed by atoms with van der Waals surface area (Å²) in [5, 5.41) is 11.9. The molecule has 0 bridgehead atoms. The molecule has 0 saturated carbocycles. The number of thioether (sulfide) groups is 1. The first kappa shape index (κ1) is 23.4. The summed E-state index contributed by atoms with van der Waals surface area (Å²) >= 11 is 1.37. The molecule has 182 valence electrons. The lowest BCUT2D eigenvalue weighted by atomic mass is 9.96. The molecule has 2 heterocycles. The zero-order valence-electron chi connectivity index (χ0n) is 19.4. The van der Waals surface area contributed by atoms with E-state index in [1.165, 1.54) is 27.8 Å². The minimum absolute atomic E-state index is 0.109. The van der Waals surface area contributed by atoms with Crippen LogP contribution in [0.3, 0.4) is 0 Å². The molecular formula is C26H26N2O6S. The van der Waals surface area contributed by atoms with E-state index in [0.29, 0.717) is 11.3 Å². The average Bonchev–Trinajstić information content (AvgIpc) is 3.37. The van der Waals surface area contributed by atoms with Crippen LogP contribution >= 0.6 is 11.8 Å². The summed E-state index contributed by atoms with van der Waals surface area (Å²) in [6, 6.07) is 10.7. The summed E-state index contributed by atoms with van der Waals surface area (Å²) in [4.78, 5) is 51.4. The summed E-state index contributed by atoms with van der Waals surface area (Å²) in [6.07, 6.45) is 3.00. The fourth-order valence-corrected chi connectivity index (χ4v) is 6.82. The summed E-state index contributed by atoms with van der Waals surface area (Å²) in [6.45, 7) is 3.56. The molecule has 2 unspecified atom stereocenters. The lowest BCUT2D eigenvalue weighted by molar-refractivity contribution is -0.161. The van der Waals surface area contributed by atoms with E-state index in [1.807, 2.05) is 12.1 Å². The third kappa shape index (κ3) is 4.18. The molecule has 2 amide bonds. The number of esters is 1. The number of aryl methyl sites for hydroxylation is 2. The number of rotatable bonds is 6. The zero-order valence-corrected chi connectivity index (χ0v) is 20.3. The van der Waals surface area contributed by atoms with Crippen LogP contribution in [0.1, 0.15) is 47.3 Å². The molecule has 5 rings (SSSR count). The van der Waals surface area contributed by atoms with Gasteiger partial charge in [-0.1, -0.05) is 24.3 Å². The van der Waals surface area contributed by atoms with Crippen molar-refractivity contribution in [1.29, 1.82) is 0 Å². The summed E-state index contributed by atoms with van der Waals surface area (Å²) < 4.78 is 4.93. The van der Waals surface area contributed by atoms with Gasteiger partial charge in [0.1, 0.15) is 23.2 Å². The van der Waals surface area contributed by atoms with Crippen LogP contribution in [-0.2, 0) is 33.6 Å². The Morgan fingerprint density at radius 1 is 1.14 bits per heavy atom. The van der Waals surface area contributed by atoms with Crippen molar-refractivity contribution >= 4 is 35.5 Å². The molecule has 2 N–H and O–H groups in total. The summed E-state index contributed by atoms with van der Waals surface area (Å²) in [5.41, 5.74) is 3.25. The van der Waals surface area contributed by atoms with E-state index in [-0.39, 0.29) is 12.0 Å². The highest BCUT2D eigenvalue weighted by molar-refractivity contribution is 8.01. The van der Waals surface area contributed by atoms with Crippen LogP contribution in [0.4, 0.5) is 0 Å². The van der Waals surface area contributed by atoms with Crippen LogP contribution in [-0.4, -0.2) is 56.0 Å². The predicted octanol–water partition coefficient (Wildman–Crippen LogP) is 2.57. The lowest BCUT2D eigenvalue weighted by Gasteiger charge is -2.43. The Morgan fingerprint density at radius 3 is 2.66 bits per heavy atom. The van der Waals surface area contributed by atoms with Crippen molar-refractivity contribution in [3.63, 3.8) is 0 Å². The standard InChI is InChI=1S/C26H26N2O6S/c1-26(2)21(24(31)32)28-22(30)20(23(28)35-26)27-19(29)13-16-6-3-4-9-18(16)25(33)34-17-11-10-14-7-5-8-15(14)12-17/h3-4,6,9-12,20-21,23H,5,7-8,13H2,1-2H3,(H,27,29)(H,31,32)/t20?,21?,23-/m1/s1. The van der Waals surface area contributed by atoms with E-state index in [1.54, 1.807) is 44.2 Å². The van der Waals surface area contributed by atoms with Crippen molar-refractivity contribution in [3.8, 4) is 5.75 Å². The number of benzene rings is 2. The molecule has 0 radical (unpaired) electrons. The summed E-state index contributed by atoms with van der Waals surface area (Å²) in [5.74, 6) is -1.95. The van der Waals surface area contributed by atoms with Gasteiger partial charge in [-0.25, -0.2) is 9.59 Å². The van der Waals surface area contributed by atoms with E-state index < -0.39 is 46.0 Å². The molecule has 9 heteroatoms. The molecule has 35 heavy (non-hydrogen) atoms. The Kier molecular flexibility index (Phi) is 5.83. The third-order valence-corrected chi connectivity index (χ3v) is 8.43. The van der Waals surface area contributed by atoms with Gasteiger partial charge in [0.25, 0.3) is 0 Å². The van der Waals surface area contributed by atoms with Crippen molar-refractivity contribution in [2.75, 3.05) is 0 Å². The lowest BCUT2D eigenvalue weighted by Crippen LogP contribution is -2.70. The number of carbonyl (C=O) groups excluding carboxylic acids is 3. The van der Waals surface area contributed by atoms with Crippen LogP contribution in [0, 0.1) is 0 Å². The van der Waals surface area contributed by atoms with Crippen LogP contribution < -0.4 is 10.1 Å². The minimum atomic E-state index is -1.06. The van der Waals surface area contributed by atoms with E-state index in [9.17, 15) is 24.3 Å². The first-order valence-electron chi connectivity index (χ1n) is 11.6. The highest BCUT2D eigenvalue weighted by atomic mass is 32.2. The van der Waals surface area contributed by atoms with E-state index in [2.05, 4.69) is 5.32 Å². The number of hydrogen-bond donors (Lipinski definition) is 2. The maximum Gasteiger partial charge on any atom is 0.343 e. The molecule has 2 fully saturated rings. The average molecular weight is 495 g/mol. The number of carbonyl (C=O) groups is 4. The van der Waals surface area contributed by atoms with E-state index >= 15 is 0 Å². The molecule has 0 spiro atoms. The van der Waals surface area contributed by atoms with Crippen molar-refractivity contribution in [2.45, 2.75) is 61.7 Å². The first-order chi connectivity index (χ1) is 16.7. The highest BCUT2D eigenvalue weighted by Crippen LogP contribution is 2.50. The summed E-state index contributed by atoms with van der Waals surface area (Å²) in [7, 11) is 0. The van der Waals surface area contributed by atoms with Crippen LogP contribution in [0.5, 0.6) is 5.75 Å². The first-order valence-corrected chi connectivity index (χ1v) is 12.5. The number of amides is 2. The quantitative estimate of drug-likeness (QED) is 0.361. The molecule has 2 aliphatic heterocycles. The zero-order chi connectivity index (χ0) is 24.9. The van der Waals surface area contributed by atoms with Gasteiger partial charge in [-0.3, -0.25) is 9.59 Å². The Hall–Kier alpha value is -3.33. The monoisotopic (exact) mass is 494 g/mol. The minimum Gasteiger partial charge on any atom is -0.480 e. The van der Waals surface area contributed by atoms with Crippen LogP contribution in [0.2, 0.25) is 0 Å². The van der Waals surface area contributed by atoms with Crippen molar-refractivity contribution in [3.05, 3.63) is 64.7 Å². The largest absolute Gasteiger partial charge is 0.480 e. The van der Waals surface area contributed by atoms with Crippen LogP contribution in [0.15, 0.2) is 42.5 Å². The predicted molar refractivity (Wildman–Crippen MR) is 129 cm³/mol. The molecule has 3 aliphatic rings. The fraction of sp³-hybridized carbons (Fsp3) is 0.385. The van der Waals surface area contributed by atoms with Gasteiger partial charge in [0.05, 0.1) is 12.0 Å². The number of aliphatic carboxylic acids is 1. The van der Waals surface area contributed by atoms with Crippen molar-refractivity contribution in [1.82, 2.24) is 10.2 Å². The van der Waals surface area contributed by atoms with Gasteiger partial charge in [0, 0.05) is 4.75 Å². The fourth-order valence-electron chi connectivity index (χ4n) is 5.19. The molecule has 2 saturated heterocycles. The van der Waals surface area contributed by atoms with E-state index in [0.717, 1.165) is 19.3 Å². The SMILES string of the molecule is CC1(C)S[C@@H]2C(NC(=O)Cc3ccccc3C(=O)Oc3ccc4c(c3)CCC4)C(=O)N2C1C(=O)O. The van der Waals surface area contributed by atoms with Crippen molar-refractivity contribution in [2.24, 2.45) is 0 Å². The Morgan fingerprint density at radius 2 is 1.89 bits per heavy atom. The molecule has 3 atom stereocenters. The normalized spacial score (nSPS) is 23.8. The second-order valence-corrected chi connectivity index (χ2v) is 11.4. The number of hydrogen-bond acceptors (Lipinski definition) is 6. The molecule has 1 aliphatic carbocycles. The second kappa shape index (κ2) is 8.71. The molecular weight excluding hydrogens is 468 g/mol. The second-order valence-electron chi connectivity index (χ2n) is 9.65. The molecule has 8 nitrogen and oxygen atoms in total. The third-order valence-electron chi connectivity index (χ3n) is 6.86. The van der Waals surface area contributed by atoms with Gasteiger partial charge in [0.15, 0.2) is 0 Å². The highest BCUT2D eigenvalue weighted by Gasteiger charge is 2.64. The Labute approximate surface area is 207 Å². The van der Waals surface area contributed by atoms with Crippen LogP contribution in [0.25, 0.3) is 0 Å². The Bertz CT molecular complexity index is 1240. The van der Waals surface area contributed by atoms with Gasteiger partial charge >= 0.3 is 11.9 Å². The van der Waals surface area contributed by atoms with Gasteiger partial charge in [-0.15, -0.1) is 11.8 Å². The van der Waals surface area contributed by atoms with Gasteiger partial charge < -0.3 is 20.1 Å². The number of nitrogens with zero attached hydrogens (tertiary/aromatic N) is 1. The number of carboxylic acids is 1. The smallest absolute Gasteiger partial charge is 0.343 e. The number of fused-ring (bicyclic) bond motifs is 2. The maximum absolute atomic E-state index is 12.9. The number of ether oxygens (including phenoxy) is 1. The van der Waals surface area contributed by atoms with Gasteiger partial charge in [0.2, 0.25) is 11.8 Å².